The van der Waals surface area contributed by atoms with E-state index in [1.807, 2.05) is 24.3 Å². The Hall–Kier alpha value is -3.16. The summed E-state index contributed by atoms with van der Waals surface area (Å²) >= 11 is 1.48. The van der Waals surface area contributed by atoms with Crippen molar-refractivity contribution in [1.82, 2.24) is 5.32 Å². The van der Waals surface area contributed by atoms with E-state index in [9.17, 15) is 14.0 Å². The lowest BCUT2D eigenvalue weighted by Gasteiger charge is -2.24. The minimum Gasteiger partial charge on any atom is -0.385 e. The molecule has 3 aromatic rings. The third-order valence-electron chi connectivity index (χ3n) is 5.13. The van der Waals surface area contributed by atoms with Gasteiger partial charge >= 0.3 is 0 Å². The first-order valence-electron chi connectivity index (χ1n) is 10.3. The fraction of sp³-hybridized carbons (Fsp3) is 0.200. The van der Waals surface area contributed by atoms with Crippen LogP contribution in [0.4, 0.5) is 10.1 Å². The molecular weight excluding hydrogens is 427 g/mol. The van der Waals surface area contributed by atoms with Crippen LogP contribution in [0, 0.1) is 5.82 Å². The van der Waals surface area contributed by atoms with Crippen molar-refractivity contribution in [3.8, 4) is 0 Å². The standard InChI is InChI=1S/C25H23FN2O3S/c1-31-13-5-12-27-24(29)18-10-11-23-21(15-18)28(16-17-6-4-7-19(26)14-17)25(30)20-8-2-3-9-22(20)32-23/h2-4,6-11,14-15H,5,12-13,16H2,1H3,(H,27,29). The number of ether oxygens (including phenoxy) is 1. The van der Waals surface area contributed by atoms with E-state index in [1.165, 1.54) is 23.9 Å². The van der Waals surface area contributed by atoms with Crippen molar-refractivity contribution in [2.24, 2.45) is 0 Å². The second-order valence-corrected chi connectivity index (χ2v) is 8.49. The van der Waals surface area contributed by atoms with Gasteiger partial charge < -0.3 is 15.0 Å². The maximum Gasteiger partial charge on any atom is 0.259 e. The molecule has 32 heavy (non-hydrogen) atoms. The topological polar surface area (TPSA) is 58.6 Å². The molecule has 0 saturated heterocycles. The summed E-state index contributed by atoms with van der Waals surface area (Å²) in [5, 5.41) is 2.88. The highest BCUT2D eigenvalue weighted by molar-refractivity contribution is 7.99. The van der Waals surface area contributed by atoms with Crippen molar-refractivity contribution in [1.29, 1.82) is 0 Å². The van der Waals surface area contributed by atoms with Crippen LogP contribution in [0.25, 0.3) is 0 Å². The number of rotatable bonds is 7. The van der Waals surface area contributed by atoms with Gasteiger partial charge in [0.2, 0.25) is 0 Å². The van der Waals surface area contributed by atoms with E-state index in [4.69, 9.17) is 4.74 Å². The normalized spacial score (nSPS) is 12.7. The number of methoxy groups -OCH3 is 1. The number of nitrogens with zero attached hydrogens (tertiary/aromatic N) is 1. The van der Waals surface area contributed by atoms with Crippen LogP contribution in [0.1, 0.15) is 32.7 Å². The number of halogens is 1. The molecule has 0 fully saturated rings. The summed E-state index contributed by atoms with van der Waals surface area (Å²) in [6.07, 6.45) is 0.711. The highest BCUT2D eigenvalue weighted by Gasteiger charge is 2.28. The average Bonchev–Trinajstić information content (AvgIpc) is 2.91. The second kappa shape index (κ2) is 9.97. The molecular formula is C25H23FN2O3S. The number of hydrogen-bond donors (Lipinski definition) is 1. The first-order valence-corrected chi connectivity index (χ1v) is 11.1. The third kappa shape index (κ3) is 4.84. The van der Waals surface area contributed by atoms with Gasteiger partial charge in [-0.3, -0.25) is 9.59 Å². The first kappa shape index (κ1) is 22.0. The van der Waals surface area contributed by atoms with Gasteiger partial charge in [-0.05, 0) is 54.4 Å². The molecule has 1 N–H and O–H groups in total. The van der Waals surface area contributed by atoms with Gasteiger partial charge in [0.25, 0.3) is 11.8 Å². The minimum atomic E-state index is -0.357. The predicted molar refractivity (Wildman–Crippen MR) is 123 cm³/mol. The highest BCUT2D eigenvalue weighted by atomic mass is 32.2. The van der Waals surface area contributed by atoms with Crippen LogP contribution in [-0.4, -0.2) is 32.1 Å². The Bertz CT molecular complexity index is 1150. The van der Waals surface area contributed by atoms with Gasteiger partial charge in [-0.25, -0.2) is 4.39 Å². The summed E-state index contributed by atoms with van der Waals surface area (Å²) < 4.78 is 18.8. The lowest BCUT2D eigenvalue weighted by molar-refractivity contribution is 0.0945. The van der Waals surface area contributed by atoms with Gasteiger partial charge in [0.15, 0.2) is 0 Å². The van der Waals surface area contributed by atoms with Crippen LogP contribution in [-0.2, 0) is 11.3 Å². The van der Waals surface area contributed by atoms with E-state index in [2.05, 4.69) is 5.32 Å². The average molecular weight is 451 g/mol. The molecule has 164 valence electrons. The van der Waals surface area contributed by atoms with Gasteiger partial charge in [-0.2, -0.15) is 0 Å². The number of nitrogens with one attached hydrogen (secondary N) is 1. The molecule has 0 saturated carbocycles. The lowest BCUT2D eigenvalue weighted by atomic mass is 10.1. The van der Waals surface area contributed by atoms with Crippen molar-refractivity contribution in [2.45, 2.75) is 22.8 Å². The largest absolute Gasteiger partial charge is 0.385 e. The fourth-order valence-corrected chi connectivity index (χ4v) is 4.62. The van der Waals surface area contributed by atoms with Crippen LogP contribution < -0.4 is 10.2 Å². The molecule has 0 radical (unpaired) electrons. The molecule has 1 aliphatic heterocycles. The van der Waals surface area contributed by atoms with E-state index >= 15 is 0 Å². The third-order valence-corrected chi connectivity index (χ3v) is 6.28. The molecule has 7 heteroatoms. The molecule has 0 aliphatic carbocycles. The number of carbonyl (C=O) groups excluding carboxylic acids is 2. The van der Waals surface area contributed by atoms with Gasteiger partial charge in [0, 0.05) is 35.6 Å². The highest BCUT2D eigenvalue weighted by Crippen LogP contribution is 2.42. The molecule has 1 heterocycles. The zero-order valence-corrected chi connectivity index (χ0v) is 18.5. The predicted octanol–water partition coefficient (Wildman–Crippen LogP) is 4.90. The zero-order valence-electron chi connectivity index (χ0n) is 17.6. The Morgan fingerprint density at radius 3 is 2.72 bits per heavy atom. The minimum absolute atomic E-state index is 0.186. The van der Waals surface area contributed by atoms with Crippen LogP contribution in [0.3, 0.4) is 0 Å². The van der Waals surface area contributed by atoms with E-state index in [-0.39, 0.29) is 24.2 Å². The van der Waals surface area contributed by atoms with E-state index in [1.54, 1.807) is 42.3 Å². The maximum atomic E-state index is 13.8. The number of benzene rings is 3. The molecule has 5 nitrogen and oxygen atoms in total. The SMILES string of the molecule is COCCCNC(=O)c1ccc2c(c1)N(Cc1cccc(F)c1)C(=O)c1ccccc1S2. The van der Waals surface area contributed by atoms with Gasteiger partial charge in [-0.15, -0.1) is 0 Å². The van der Waals surface area contributed by atoms with Crippen molar-refractivity contribution in [3.05, 3.63) is 89.2 Å². The molecule has 0 bridgehead atoms. The summed E-state index contributed by atoms with van der Waals surface area (Å²) in [5.41, 5.74) is 2.34. The lowest BCUT2D eigenvalue weighted by Crippen LogP contribution is -2.31. The molecule has 0 atom stereocenters. The van der Waals surface area contributed by atoms with E-state index in [0.29, 0.717) is 42.0 Å². The zero-order chi connectivity index (χ0) is 22.5. The number of fused-ring (bicyclic) bond motifs is 2. The summed E-state index contributed by atoms with van der Waals surface area (Å²) in [6.45, 7) is 1.25. The van der Waals surface area contributed by atoms with E-state index in [0.717, 1.165) is 9.79 Å². The quantitative estimate of drug-likeness (QED) is 0.520. The van der Waals surface area contributed by atoms with Crippen molar-refractivity contribution in [2.75, 3.05) is 25.2 Å². The smallest absolute Gasteiger partial charge is 0.259 e. The molecule has 0 spiro atoms. The Kier molecular flexibility index (Phi) is 6.87. The van der Waals surface area contributed by atoms with Crippen LogP contribution >= 0.6 is 11.8 Å². The summed E-state index contributed by atoms with van der Waals surface area (Å²) in [4.78, 5) is 29.5. The van der Waals surface area contributed by atoms with Gasteiger partial charge in [0.05, 0.1) is 17.8 Å². The molecule has 1 aliphatic rings. The fourth-order valence-electron chi connectivity index (χ4n) is 3.56. The first-order chi connectivity index (χ1) is 15.6. The number of hydrogen-bond acceptors (Lipinski definition) is 4. The van der Waals surface area contributed by atoms with Gasteiger partial charge in [0.1, 0.15) is 5.82 Å². The van der Waals surface area contributed by atoms with Crippen molar-refractivity contribution in [3.63, 3.8) is 0 Å². The molecule has 0 aromatic heterocycles. The Morgan fingerprint density at radius 2 is 1.91 bits per heavy atom. The molecule has 4 rings (SSSR count). The Labute approximate surface area is 190 Å². The summed E-state index contributed by atoms with van der Waals surface area (Å²) in [5.74, 6) is -0.758. The summed E-state index contributed by atoms with van der Waals surface area (Å²) in [6, 6.07) is 19.0. The summed E-state index contributed by atoms with van der Waals surface area (Å²) in [7, 11) is 1.62. The van der Waals surface area contributed by atoms with Gasteiger partial charge in [-0.1, -0.05) is 36.0 Å². The van der Waals surface area contributed by atoms with Crippen LogP contribution in [0.2, 0.25) is 0 Å². The molecule has 0 unspecified atom stereocenters. The Balaban J connectivity index is 1.71. The molecule has 2 amide bonds. The second-order valence-electron chi connectivity index (χ2n) is 7.40. The van der Waals surface area contributed by atoms with Crippen LogP contribution in [0.15, 0.2) is 76.5 Å². The molecule has 3 aromatic carbocycles. The van der Waals surface area contributed by atoms with Crippen molar-refractivity contribution >= 4 is 29.3 Å². The number of amides is 2. The Morgan fingerprint density at radius 1 is 1.06 bits per heavy atom. The van der Waals surface area contributed by atoms with Crippen molar-refractivity contribution < 1.29 is 18.7 Å². The number of anilines is 1. The maximum absolute atomic E-state index is 13.8. The monoisotopic (exact) mass is 450 g/mol. The van der Waals surface area contributed by atoms with Crippen LogP contribution in [0.5, 0.6) is 0 Å². The van der Waals surface area contributed by atoms with E-state index < -0.39 is 0 Å². The number of carbonyl (C=O) groups is 2.